The number of ether oxygens (including phenoxy) is 2. The Bertz CT molecular complexity index is 569. The van der Waals surface area contributed by atoms with Crippen molar-refractivity contribution in [1.29, 1.82) is 0 Å². The molecule has 0 aliphatic heterocycles. The van der Waals surface area contributed by atoms with Crippen LogP contribution in [-0.2, 0) is 27.5 Å². The van der Waals surface area contributed by atoms with Gasteiger partial charge in [-0.2, -0.15) is 0 Å². The first-order valence-corrected chi connectivity index (χ1v) is 8.64. The van der Waals surface area contributed by atoms with Gasteiger partial charge in [0, 0.05) is 12.8 Å². The number of hydrogen-bond donors (Lipinski definition) is 0. The molecule has 2 aromatic carbocycles. The van der Waals surface area contributed by atoms with E-state index in [0.29, 0.717) is 31.8 Å². The van der Waals surface area contributed by atoms with Crippen LogP contribution >= 0.6 is 0 Å². The third kappa shape index (κ3) is 5.02. The molecule has 126 valence electrons. The zero-order chi connectivity index (χ0) is 16.6. The van der Waals surface area contributed by atoms with E-state index in [2.05, 4.69) is 24.3 Å². The summed E-state index contributed by atoms with van der Waals surface area (Å²) in [6.45, 7) is 1.12. The molecule has 2 atom stereocenters. The topological polar surface area (TPSA) is 35.5 Å². The lowest BCUT2D eigenvalue weighted by Gasteiger charge is -2.25. The summed E-state index contributed by atoms with van der Waals surface area (Å²) >= 11 is 0. The van der Waals surface area contributed by atoms with E-state index in [1.165, 1.54) is 0 Å². The van der Waals surface area contributed by atoms with Gasteiger partial charge in [0.15, 0.2) is 0 Å². The Balaban J connectivity index is 1.60. The van der Waals surface area contributed by atoms with Gasteiger partial charge in [0.25, 0.3) is 0 Å². The summed E-state index contributed by atoms with van der Waals surface area (Å²) in [5, 5.41) is 0. The lowest BCUT2D eigenvalue weighted by atomic mass is 10.1. The Hall–Kier alpha value is -1.97. The van der Waals surface area contributed by atoms with Crippen molar-refractivity contribution in [2.75, 3.05) is 0 Å². The van der Waals surface area contributed by atoms with Gasteiger partial charge in [-0.15, -0.1) is 0 Å². The van der Waals surface area contributed by atoms with Crippen molar-refractivity contribution < 1.29 is 14.3 Å². The van der Waals surface area contributed by atoms with Crippen molar-refractivity contribution in [3.05, 3.63) is 71.8 Å². The first-order chi connectivity index (χ1) is 11.8. The SMILES string of the molecule is O=C1CCC(OCc2ccccc2)C(OCc2ccccc2)CC1. The maximum atomic E-state index is 11.8. The van der Waals surface area contributed by atoms with Crippen LogP contribution in [0.3, 0.4) is 0 Å². The summed E-state index contributed by atoms with van der Waals surface area (Å²) in [7, 11) is 0. The Morgan fingerprint density at radius 3 is 1.54 bits per heavy atom. The maximum absolute atomic E-state index is 11.8. The van der Waals surface area contributed by atoms with Gasteiger partial charge < -0.3 is 9.47 Å². The van der Waals surface area contributed by atoms with E-state index in [-0.39, 0.29) is 12.2 Å². The Labute approximate surface area is 143 Å². The highest BCUT2D eigenvalue weighted by Crippen LogP contribution is 2.23. The largest absolute Gasteiger partial charge is 0.371 e. The number of rotatable bonds is 6. The van der Waals surface area contributed by atoms with Crippen LogP contribution in [0.5, 0.6) is 0 Å². The second-order valence-electron chi connectivity index (χ2n) is 6.29. The number of Topliss-reactive ketones (excluding diaryl/α,β-unsaturated/α-hetero) is 1. The minimum atomic E-state index is -0.0274. The Morgan fingerprint density at radius 1 is 0.708 bits per heavy atom. The van der Waals surface area contributed by atoms with E-state index < -0.39 is 0 Å². The minimum absolute atomic E-state index is 0.0274. The lowest BCUT2D eigenvalue weighted by molar-refractivity contribution is -0.119. The molecule has 3 rings (SSSR count). The number of hydrogen-bond acceptors (Lipinski definition) is 3. The van der Waals surface area contributed by atoms with Gasteiger partial charge in [0.1, 0.15) is 5.78 Å². The van der Waals surface area contributed by atoms with Crippen LogP contribution in [0, 0.1) is 0 Å². The molecule has 24 heavy (non-hydrogen) atoms. The summed E-state index contributed by atoms with van der Waals surface area (Å²) in [4.78, 5) is 11.8. The fourth-order valence-electron chi connectivity index (χ4n) is 3.04. The van der Waals surface area contributed by atoms with E-state index >= 15 is 0 Å². The van der Waals surface area contributed by atoms with Crippen LogP contribution in [0.15, 0.2) is 60.7 Å². The molecule has 0 amide bonds. The number of carbonyl (C=O) groups excluding carboxylic acids is 1. The molecule has 3 nitrogen and oxygen atoms in total. The summed E-state index contributed by atoms with van der Waals surface area (Å²) < 4.78 is 12.2. The van der Waals surface area contributed by atoms with E-state index in [9.17, 15) is 4.79 Å². The van der Waals surface area contributed by atoms with Gasteiger partial charge in [-0.05, 0) is 24.0 Å². The lowest BCUT2D eigenvalue weighted by Crippen LogP contribution is -2.30. The molecule has 0 spiro atoms. The standard InChI is InChI=1S/C21H24O3/c22-19-11-13-20(23-15-17-7-3-1-4-8-17)21(14-12-19)24-16-18-9-5-2-6-10-18/h1-10,20-21H,11-16H2. The third-order valence-corrected chi connectivity index (χ3v) is 4.44. The summed E-state index contributed by atoms with van der Waals surface area (Å²) in [6, 6.07) is 20.3. The van der Waals surface area contributed by atoms with Crippen LogP contribution in [0.4, 0.5) is 0 Å². The van der Waals surface area contributed by atoms with Crippen LogP contribution in [0.1, 0.15) is 36.8 Å². The molecular weight excluding hydrogens is 300 g/mol. The molecule has 2 unspecified atom stereocenters. The fraction of sp³-hybridized carbons (Fsp3) is 0.381. The molecule has 0 saturated heterocycles. The van der Waals surface area contributed by atoms with Crippen molar-refractivity contribution in [3.8, 4) is 0 Å². The first-order valence-electron chi connectivity index (χ1n) is 8.64. The molecule has 0 aromatic heterocycles. The van der Waals surface area contributed by atoms with Crippen molar-refractivity contribution >= 4 is 5.78 Å². The van der Waals surface area contributed by atoms with Gasteiger partial charge >= 0.3 is 0 Å². The molecule has 0 N–H and O–H groups in total. The van der Waals surface area contributed by atoms with Crippen LogP contribution in [0.25, 0.3) is 0 Å². The molecule has 1 saturated carbocycles. The van der Waals surface area contributed by atoms with Crippen molar-refractivity contribution in [3.63, 3.8) is 0 Å². The van der Waals surface area contributed by atoms with E-state index in [4.69, 9.17) is 9.47 Å². The second-order valence-corrected chi connectivity index (χ2v) is 6.29. The zero-order valence-electron chi connectivity index (χ0n) is 13.9. The zero-order valence-corrected chi connectivity index (χ0v) is 13.9. The van der Waals surface area contributed by atoms with Crippen molar-refractivity contribution in [1.82, 2.24) is 0 Å². The normalized spacial score (nSPS) is 21.4. The first kappa shape index (κ1) is 16.9. The summed E-state index contributed by atoms with van der Waals surface area (Å²) in [5.41, 5.74) is 2.30. The highest BCUT2D eigenvalue weighted by atomic mass is 16.5. The molecule has 0 radical (unpaired) electrons. The third-order valence-electron chi connectivity index (χ3n) is 4.44. The predicted octanol–water partition coefficient (Wildman–Crippen LogP) is 4.30. The predicted molar refractivity (Wildman–Crippen MR) is 93.5 cm³/mol. The van der Waals surface area contributed by atoms with Gasteiger partial charge in [-0.25, -0.2) is 0 Å². The summed E-state index contributed by atoms with van der Waals surface area (Å²) in [6.07, 6.45) is 2.60. The average molecular weight is 324 g/mol. The van der Waals surface area contributed by atoms with E-state index in [1.807, 2.05) is 36.4 Å². The van der Waals surface area contributed by atoms with Gasteiger partial charge in [0.2, 0.25) is 0 Å². The van der Waals surface area contributed by atoms with Crippen LogP contribution in [-0.4, -0.2) is 18.0 Å². The van der Waals surface area contributed by atoms with Crippen LogP contribution in [0.2, 0.25) is 0 Å². The van der Waals surface area contributed by atoms with Crippen LogP contribution < -0.4 is 0 Å². The average Bonchev–Trinajstić information content (AvgIpc) is 2.81. The summed E-state index contributed by atoms with van der Waals surface area (Å²) in [5.74, 6) is 0.314. The molecule has 0 bridgehead atoms. The van der Waals surface area contributed by atoms with E-state index in [1.54, 1.807) is 0 Å². The minimum Gasteiger partial charge on any atom is -0.371 e. The quantitative estimate of drug-likeness (QED) is 0.743. The number of benzene rings is 2. The molecule has 1 aliphatic rings. The highest BCUT2D eigenvalue weighted by molar-refractivity contribution is 5.78. The van der Waals surface area contributed by atoms with Gasteiger partial charge in [-0.1, -0.05) is 60.7 Å². The highest BCUT2D eigenvalue weighted by Gasteiger charge is 2.28. The Morgan fingerprint density at radius 2 is 1.12 bits per heavy atom. The monoisotopic (exact) mass is 324 g/mol. The smallest absolute Gasteiger partial charge is 0.133 e. The molecular formula is C21H24O3. The maximum Gasteiger partial charge on any atom is 0.133 e. The van der Waals surface area contributed by atoms with E-state index in [0.717, 1.165) is 24.0 Å². The van der Waals surface area contributed by atoms with Crippen molar-refractivity contribution in [2.45, 2.75) is 51.1 Å². The molecule has 1 aliphatic carbocycles. The molecule has 2 aromatic rings. The number of ketones is 1. The van der Waals surface area contributed by atoms with Gasteiger partial charge in [0.05, 0.1) is 25.4 Å². The fourth-order valence-corrected chi connectivity index (χ4v) is 3.04. The van der Waals surface area contributed by atoms with Crippen molar-refractivity contribution in [2.24, 2.45) is 0 Å². The molecule has 0 heterocycles. The number of carbonyl (C=O) groups is 1. The molecule has 1 fully saturated rings. The second kappa shape index (κ2) is 8.76. The molecule has 3 heteroatoms. The van der Waals surface area contributed by atoms with Gasteiger partial charge in [-0.3, -0.25) is 4.79 Å². The Kier molecular flexibility index (Phi) is 6.16.